The van der Waals surface area contributed by atoms with Gasteiger partial charge < -0.3 is 23.7 Å². The van der Waals surface area contributed by atoms with Gasteiger partial charge in [0.05, 0.1) is 26.4 Å². The fourth-order valence-electron chi connectivity index (χ4n) is 3.87. The van der Waals surface area contributed by atoms with Gasteiger partial charge in [-0.05, 0) is 16.7 Å². The summed E-state index contributed by atoms with van der Waals surface area (Å²) in [4.78, 5) is 13.1. The van der Waals surface area contributed by atoms with Gasteiger partial charge in [0.15, 0.2) is 6.10 Å². The molecule has 0 aromatic heterocycles. The van der Waals surface area contributed by atoms with Crippen LogP contribution in [0.15, 0.2) is 91.0 Å². The maximum Gasteiger partial charge on any atom is 0.220 e. The van der Waals surface area contributed by atoms with E-state index in [0.29, 0.717) is 13.2 Å². The highest BCUT2D eigenvalue weighted by molar-refractivity contribution is 5.87. The Kier molecular flexibility index (Phi) is 8.96. The number of hydrogen-bond donors (Lipinski definition) is 0. The van der Waals surface area contributed by atoms with E-state index in [1.54, 1.807) is 0 Å². The molecule has 4 atom stereocenters. The van der Waals surface area contributed by atoms with E-state index < -0.39 is 24.6 Å². The standard InChI is InChI=1S/C28H30O6/c1-30-28-25(29)27(33-19-23-15-9-4-10-16-23)26(32-18-22-13-7-3-8-14-22)24(34-28)20-31-17-21-11-5-2-6-12-21/h2-16,24,26-28H,17-20H2,1H3/t24-,26-,27-,28-/m1/s1. The molecule has 0 aliphatic carbocycles. The highest BCUT2D eigenvalue weighted by Gasteiger charge is 2.47. The average molecular weight is 463 g/mol. The Labute approximate surface area is 200 Å². The number of benzene rings is 3. The number of methoxy groups -OCH3 is 1. The predicted molar refractivity (Wildman–Crippen MR) is 127 cm³/mol. The molecule has 0 radical (unpaired) electrons. The molecule has 34 heavy (non-hydrogen) atoms. The predicted octanol–water partition coefficient (Wildman–Crippen LogP) is 4.31. The third kappa shape index (κ3) is 6.59. The van der Waals surface area contributed by atoms with Crippen LogP contribution in [0.1, 0.15) is 16.7 Å². The van der Waals surface area contributed by atoms with Crippen LogP contribution in [-0.2, 0) is 48.3 Å². The van der Waals surface area contributed by atoms with Gasteiger partial charge in [-0.25, -0.2) is 0 Å². The number of ketones is 1. The highest BCUT2D eigenvalue weighted by atomic mass is 16.7. The molecule has 0 spiro atoms. The summed E-state index contributed by atoms with van der Waals surface area (Å²) in [6.07, 6.45) is -3.09. The van der Waals surface area contributed by atoms with Crippen molar-refractivity contribution in [2.24, 2.45) is 0 Å². The molecule has 1 heterocycles. The summed E-state index contributed by atoms with van der Waals surface area (Å²) >= 11 is 0. The molecule has 0 saturated carbocycles. The molecule has 1 saturated heterocycles. The lowest BCUT2D eigenvalue weighted by atomic mass is 9.99. The van der Waals surface area contributed by atoms with Crippen LogP contribution in [0, 0.1) is 0 Å². The lowest BCUT2D eigenvalue weighted by Crippen LogP contribution is -2.58. The van der Waals surface area contributed by atoms with Crippen molar-refractivity contribution in [3.63, 3.8) is 0 Å². The lowest BCUT2D eigenvalue weighted by Gasteiger charge is -2.39. The lowest BCUT2D eigenvalue weighted by molar-refractivity contribution is -0.252. The number of ether oxygens (including phenoxy) is 5. The molecule has 178 valence electrons. The summed E-state index contributed by atoms with van der Waals surface area (Å²) in [5.41, 5.74) is 3.01. The molecule has 4 rings (SSSR count). The first-order valence-corrected chi connectivity index (χ1v) is 11.4. The molecule has 1 aliphatic rings. The third-order valence-corrected chi connectivity index (χ3v) is 5.64. The van der Waals surface area contributed by atoms with Crippen LogP contribution in [0.25, 0.3) is 0 Å². The van der Waals surface area contributed by atoms with Crippen LogP contribution in [0.3, 0.4) is 0 Å². The van der Waals surface area contributed by atoms with Crippen molar-refractivity contribution in [2.75, 3.05) is 13.7 Å². The number of Topliss-reactive ketones (excluding diaryl/α,β-unsaturated/α-hetero) is 1. The second-order valence-electron chi connectivity index (χ2n) is 8.12. The van der Waals surface area contributed by atoms with Gasteiger partial charge >= 0.3 is 0 Å². The van der Waals surface area contributed by atoms with Crippen molar-refractivity contribution >= 4 is 5.78 Å². The Bertz CT molecular complexity index is 995. The largest absolute Gasteiger partial charge is 0.374 e. The van der Waals surface area contributed by atoms with Crippen molar-refractivity contribution in [2.45, 2.75) is 44.4 Å². The van der Waals surface area contributed by atoms with Crippen molar-refractivity contribution in [1.29, 1.82) is 0 Å². The van der Waals surface area contributed by atoms with E-state index in [2.05, 4.69) is 0 Å². The van der Waals surface area contributed by atoms with Gasteiger partial charge in [-0.3, -0.25) is 4.79 Å². The van der Waals surface area contributed by atoms with Crippen LogP contribution < -0.4 is 0 Å². The molecular formula is C28H30O6. The molecule has 1 aliphatic heterocycles. The van der Waals surface area contributed by atoms with E-state index >= 15 is 0 Å². The molecule has 1 fully saturated rings. The first-order valence-electron chi connectivity index (χ1n) is 11.4. The highest BCUT2D eigenvalue weighted by Crippen LogP contribution is 2.26. The quantitative estimate of drug-likeness (QED) is 0.423. The van der Waals surface area contributed by atoms with E-state index in [4.69, 9.17) is 23.7 Å². The van der Waals surface area contributed by atoms with Gasteiger partial charge in [-0.1, -0.05) is 91.0 Å². The Morgan fingerprint density at radius 3 is 1.74 bits per heavy atom. The molecule has 6 heteroatoms. The molecule has 3 aromatic carbocycles. The summed E-state index contributed by atoms with van der Waals surface area (Å²) < 4.78 is 29.6. The van der Waals surface area contributed by atoms with Gasteiger partial charge in [0.2, 0.25) is 12.1 Å². The summed E-state index contributed by atoms with van der Waals surface area (Å²) in [7, 11) is 1.45. The first-order chi connectivity index (χ1) is 16.7. The van der Waals surface area contributed by atoms with Crippen LogP contribution in [0.5, 0.6) is 0 Å². The summed E-state index contributed by atoms with van der Waals surface area (Å²) in [6.45, 7) is 1.25. The van der Waals surface area contributed by atoms with E-state index in [1.165, 1.54) is 7.11 Å². The zero-order valence-corrected chi connectivity index (χ0v) is 19.2. The minimum absolute atomic E-state index is 0.229. The molecule has 0 bridgehead atoms. The zero-order chi connectivity index (χ0) is 23.6. The van der Waals surface area contributed by atoms with Crippen molar-refractivity contribution in [1.82, 2.24) is 0 Å². The molecular weight excluding hydrogens is 432 g/mol. The Morgan fingerprint density at radius 1 is 0.706 bits per heavy atom. The van der Waals surface area contributed by atoms with E-state index in [-0.39, 0.29) is 19.0 Å². The SMILES string of the molecule is CO[C@@H]1O[C@H](COCc2ccccc2)[C@@H](OCc2ccccc2)[C@H](OCc2ccccc2)C1=O. The molecule has 6 nitrogen and oxygen atoms in total. The van der Waals surface area contributed by atoms with Gasteiger partial charge in [-0.15, -0.1) is 0 Å². The van der Waals surface area contributed by atoms with Gasteiger partial charge in [0.1, 0.15) is 12.2 Å². The minimum Gasteiger partial charge on any atom is -0.374 e. The number of hydrogen-bond acceptors (Lipinski definition) is 6. The normalized spacial score (nSPS) is 22.6. The van der Waals surface area contributed by atoms with Crippen LogP contribution in [0.2, 0.25) is 0 Å². The van der Waals surface area contributed by atoms with Crippen LogP contribution >= 0.6 is 0 Å². The van der Waals surface area contributed by atoms with Crippen molar-refractivity contribution in [3.8, 4) is 0 Å². The van der Waals surface area contributed by atoms with E-state index in [9.17, 15) is 4.79 Å². The maximum absolute atomic E-state index is 13.1. The van der Waals surface area contributed by atoms with E-state index in [0.717, 1.165) is 16.7 Å². The third-order valence-electron chi connectivity index (χ3n) is 5.64. The summed E-state index contributed by atoms with van der Waals surface area (Å²) in [5, 5.41) is 0. The van der Waals surface area contributed by atoms with E-state index in [1.807, 2.05) is 91.0 Å². The summed E-state index contributed by atoms with van der Waals surface area (Å²) in [6, 6.07) is 29.4. The fraction of sp³-hybridized carbons (Fsp3) is 0.321. The van der Waals surface area contributed by atoms with Gasteiger partial charge in [-0.2, -0.15) is 0 Å². The minimum atomic E-state index is -1.04. The van der Waals surface area contributed by atoms with Crippen molar-refractivity contribution in [3.05, 3.63) is 108 Å². The molecule has 0 N–H and O–H groups in total. The number of rotatable bonds is 11. The number of carbonyl (C=O) groups is 1. The monoisotopic (exact) mass is 462 g/mol. The zero-order valence-electron chi connectivity index (χ0n) is 19.2. The summed E-state index contributed by atoms with van der Waals surface area (Å²) in [5.74, 6) is -0.296. The Hall–Kier alpha value is -2.87. The molecule has 0 amide bonds. The van der Waals surface area contributed by atoms with Crippen LogP contribution in [0.4, 0.5) is 0 Å². The second-order valence-corrected chi connectivity index (χ2v) is 8.12. The van der Waals surface area contributed by atoms with Gasteiger partial charge in [0, 0.05) is 7.11 Å². The number of carbonyl (C=O) groups excluding carboxylic acids is 1. The second kappa shape index (κ2) is 12.6. The fourth-order valence-corrected chi connectivity index (χ4v) is 3.87. The Morgan fingerprint density at radius 2 is 1.21 bits per heavy atom. The molecule has 3 aromatic rings. The molecule has 0 unspecified atom stereocenters. The maximum atomic E-state index is 13.1. The topological polar surface area (TPSA) is 63.2 Å². The van der Waals surface area contributed by atoms with Crippen LogP contribution in [-0.4, -0.2) is 44.1 Å². The van der Waals surface area contributed by atoms with Crippen molar-refractivity contribution < 1.29 is 28.5 Å². The first kappa shape index (κ1) is 24.3. The Balaban J connectivity index is 1.49. The van der Waals surface area contributed by atoms with Gasteiger partial charge in [0.25, 0.3) is 0 Å². The smallest absolute Gasteiger partial charge is 0.220 e. The average Bonchev–Trinajstić information content (AvgIpc) is 2.89.